The highest BCUT2D eigenvalue weighted by Gasteiger charge is 2.23. The van der Waals surface area contributed by atoms with Crippen molar-refractivity contribution in [2.45, 2.75) is 19.4 Å². The summed E-state index contributed by atoms with van der Waals surface area (Å²) in [7, 11) is 0. The predicted molar refractivity (Wildman–Crippen MR) is 64.6 cm³/mol. The van der Waals surface area contributed by atoms with Crippen molar-refractivity contribution in [2.75, 3.05) is 0 Å². The number of carbonyl (C=O) groups excluding carboxylic acids is 1. The number of H-pyrrole nitrogens is 1. The molecule has 0 aromatic carbocycles. The second-order valence-electron chi connectivity index (χ2n) is 4.04. The van der Waals surface area contributed by atoms with Gasteiger partial charge in [-0.3, -0.25) is 4.79 Å². The summed E-state index contributed by atoms with van der Waals surface area (Å²) in [4.78, 5) is 29.7. The van der Waals surface area contributed by atoms with Crippen LogP contribution >= 0.6 is 0 Å². The average Bonchev–Trinajstić information content (AvgIpc) is 2.99. The van der Waals surface area contributed by atoms with E-state index in [1.165, 1.54) is 24.9 Å². The molecule has 0 fully saturated rings. The van der Waals surface area contributed by atoms with E-state index in [1.54, 1.807) is 6.92 Å². The van der Waals surface area contributed by atoms with E-state index in [2.05, 4.69) is 15.3 Å². The highest BCUT2D eigenvalue weighted by Crippen LogP contribution is 2.09. The fourth-order valence-electron chi connectivity index (χ4n) is 1.67. The number of nitrogens with one attached hydrogen (secondary N) is 2. The predicted octanol–water partition coefficient (Wildman–Crippen LogP) is 0.737. The van der Waals surface area contributed by atoms with Gasteiger partial charge in [0, 0.05) is 18.3 Å². The zero-order valence-electron chi connectivity index (χ0n) is 10.2. The van der Waals surface area contributed by atoms with Gasteiger partial charge in [0.05, 0.1) is 18.2 Å². The highest BCUT2D eigenvalue weighted by atomic mass is 16.4. The van der Waals surface area contributed by atoms with Gasteiger partial charge in [-0.2, -0.15) is 0 Å². The fourth-order valence-corrected chi connectivity index (χ4v) is 1.67. The van der Waals surface area contributed by atoms with E-state index in [4.69, 9.17) is 9.52 Å². The summed E-state index contributed by atoms with van der Waals surface area (Å²) in [6, 6.07) is 0.474. The second kappa shape index (κ2) is 5.38. The van der Waals surface area contributed by atoms with Crippen LogP contribution in [0.1, 0.15) is 21.8 Å². The molecule has 1 amide bonds. The zero-order valence-corrected chi connectivity index (χ0v) is 10.2. The maximum absolute atomic E-state index is 11.9. The molecule has 7 heteroatoms. The van der Waals surface area contributed by atoms with E-state index in [9.17, 15) is 9.59 Å². The normalized spacial score (nSPS) is 12.1. The third kappa shape index (κ3) is 3.01. The SMILES string of the molecule is Cc1occc1C(=O)N[C@H](Cc1cnc[nH]1)C(=O)O. The van der Waals surface area contributed by atoms with Gasteiger partial charge in [-0.25, -0.2) is 9.78 Å². The zero-order chi connectivity index (χ0) is 13.8. The van der Waals surface area contributed by atoms with Crippen molar-refractivity contribution in [3.05, 3.63) is 41.9 Å². The van der Waals surface area contributed by atoms with Crippen molar-refractivity contribution in [2.24, 2.45) is 0 Å². The lowest BCUT2D eigenvalue weighted by Gasteiger charge is -2.13. The van der Waals surface area contributed by atoms with Crippen molar-refractivity contribution in [1.29, 1.82) is 0 Å². The van der Waals surface area contributed by atoms with Crippen LogP contribution in [0.3, 0.4) is 0 Å². The minimum atomic E-state index is -1.11. The first kappa shape index (κ1) is 12.9. The molecule has 2 rings (SSSR count). The summed E-state index contributed by atoms with van der Waals surface area (Å²) >= 11 is 0. The molecular weight excluding hydrogens is 250 g/mol. The number of aromatic nitrogens is 2. The maximum atomic E-state index is 11.9. The number of rotatable bonds is 5. The van der Waals surface area contributed by atoms with Crippen LogP contribution in [0.15, 0.2) is 29.3 Å². The Balaban J connectivity index is 2.07. The highest BCUT2D eigenvalue weighted by molar-refractivity contribution is 5.97. The van der Waals surface area contributed by atoms with Crippen LogP contribution in [-0.4, -0.2) is 33.0 Å². The molecule has 0 saturated carbocycles. The van der Waals surface area contributed by atoms with E-state index in [1.807, 2.05) is 0 Å². The van der Waals surface area contributed by atoms with Crippen molar-refractivity contribution in [1.82, 2.24) is 15.3 Å². The first-order chi connectivity index (χ1) is 9.08. The number of furan rings is 1. The van der Waals surface area contributed by atoms with Crippen LogP contribution in [0.5, 0.6) is 0 Å². The van der Waals surface area contributed by atoms with Crippen molar-refractivity contribution in [3.8, 4) is 0 Å². The Bertz CT molecular complexity index is 574. The third-order valence-corrected chi connectivity index (χ3v) is 2.69. The van der Waals surface area contributed by atoms with Gasteiger partial charge in [-0.1, -0.05) is 0 Å². The van der Waals surface area contributed by atoms with Gasteiger partial charge < -0.3 is 19.8 Å². The van der Waals surface area contributed by atoms with E-state index >= 15 is 0 Å². The van der Waals surface area contributed by atoms with Crippen LogP contribution in [0, 0.1) is 6.92 Å². The Morgan fingerprint density at radius 1 is 1.58 bits per heavy atom. The average molecular weight is 263 g/mol. The van der Waals surface area contributed by atoms with Gasteiger partial charge in [0.15, 0.2) is 0 Å². The molecule has 0 bridgehead atoms. The van der Waals surface area contributed by atoms with Crippen molar-refractivity contribution in [3.63, 3.8) is 0 Å². The van der Waals surface area contributed by atoms with Crippen LogP contribution < -0.4 is 5.32 Å². The van der Waals surface area contributed by atoms with Crippen LogP contribution in [0.4, 0.5) is 0 Å². The lowest BCUT2D eigenvalue weighted by Crippen LogP contribution is -2.42. The summed E-state index contributed by atoms with van der Waals surface area (Å²) in [5.41, 5.74) is 0.965. The molecule has 2 aromatic rings. The smallest absolute Gasteiger partial charge is 0.326 e. The molecule has 2 aromatic heterocycles. The molecule has 0 radical (unpaired) electrons. The number of carboxylic acid groups (broad SMARTS) is 1. The monoisotopic (exact) mass is 263 g/mol. The fraction of sp³-hybridized carbons (Fsp3) is 0.250. The third-order valence-electron chi connectivity index (χ3n) is 2.69. The summed E-state index contributed by atoms with van der Waals surface area (Å²) in [5.74, 6) is -1.13. The number of hydrogen-bond donors (Lipinski definition) is 3. The summed E-state index contributed by atoms with van der Waals surface area (Å²) in [6.07, 6.45) is 4.49. The van der Waals surface area contributed by atoms with Crippen LogP contribution in [0.2, 0.25) is 0 Å². The van der Waals surface area contributed by atoms with E-state index in [-0.39, 0.29) is 6.42 Å². The number of nitrogens with zero attached hydrogens (tertiary/aromatic N) is 1. The number of imidazole rings is 1. The van der Waals surface area contributed by atoms with E-state index in [0.717, 1.165) is 0 Å². The molecule has 0 aliphatic carbocycles. The van der Waals surface area contributed by atoms with Crippen molar-refractivity contribution < 1.29 is 19.1 Å². The molecular formula is C12H13N3O4. The van der Waals surface area contributed by atoms with Gasteiger partial charge in [0.1, 0.15) is 11.8 Å². The largest absolute Gasteiger partial charge is 0.480 e. The topological polar surface area (TPSA) is 108 Å². The molecule has 100 valence electrons. The first-order valence-electron chi connectivity index (χ1n) is 5.63. The summed E-state index contributed by atoms with van der Waals surface area (Å²) in [6.45, 7) is 1.64. The molecule has 2 heterocycles. The lowest BCUT2D eigenvalue weighted by atomic mass is 10.1. The van der Waals surface area contributed by atoms with Crippen LogP contribution in [-0.2, 0) is 11.2 Å². The maximum Gasteiger partial charge on any atom is 0.326 e. The molecule has 7 nitrogen and oxygen atoms in total. The number of carbonyl (C=O) groups is 2. The standard InChI is InChI=1S/C12H13N3O4/c1-7-9(2-3-19-7)11(16)15-10(12(17)18)4-8-5-13-6-14-8/h2-3,5-6,10H,4H2,1H3,(H,13,14)(H,15,16)(H,17,18)/t10-/m1/s1. The number of amides is 1. The molecule has 19 heavy (non-hydrogen) atoms. The number of carboxylic acids is 1. The van der Waals surface area contributed by atoms with Crippen LogP contribution in [0.25, 0.3) is 0 Å². The molecule has 0 spiro atoms. The van der Waals surface area contributed by atoms with Gasteiger partial charge in [0.2, 0.25) is 0 Å². The van der Waals surface area contributed by atoms with Crippen molar-refractivity contribution >= 4 is 11.9 Å². The van der Waals surface area contributed by atoms with Gasteiger partial charge in [0.25, 0.3) is 5.91 Å². The molecule has 0 aliphatic rings. The summed E-state index contributed by atoms with van der Waals surface area (Å²) in [5, 5.41) is 11.6. The van der Waals surface area contributed by atoms with Gasteiger partial charge >= 0.3 is 5.97 Å². The molecule has 1 atom stereocenters. The Kier molecular flexibility index (Phi) is 3.65. The molecule has 0 unspecified atom stereocenters. The first-order valence-corrected chi connectivity index (χ1v) is 5.63. The summed E-state index contributed by atoms with van der Waals surface area (Å²) < 4.78 is 5.01. The second-order valence-corrected chi connectivity index (χ2v) is 4.04. The Morgan fingerprint density at radius 2 is 2.37 bits per heavy atom. The minimum absolute atomic E-state index is 0.137. The van der Waals surface area contributed by atoms with Gasteiger partial charge in [-0.05, 0) is 13.0 Å². The number of aliphatic carboxylic acids is 1. The molecule has 0 saturated heterocycles. The quantitative estimate of drug-likeness (QED) is 0.737. The Morgan fingerprint density at radius 3 is 2.89 bits per heavy atom. The van der Waals surface area contributed by atoms with E-state index < -0.39 is 17.9 Å². The number of hydrogen-bond acceptors (Lipinski definition) is 4. The lowest BCUT2D eigenvalue weighted by molar-refractivity contribution is -0.139. The minimum Gasteiger partial charge on any atom is -0.480 e. The Labute approximate surface area is 108 Å². The van der Waals surface area contributed by atoms with E-state index in [0.29, 0.717) is 17.0 Å². The molecule has 0 aliphatic heterocycles. The Hall–Kier alpha value is -2.57. The number of aromatic amines is 1. The number of aryl methyl sites for hydroxylation is 1. The van der Waals surface area contributed by atoms with Gasteiger partial charge in [-0.15, -0.1) is 0 Å². The molecule has 3 N–H and O–H groups in total.